The molecule has 0 aliphatic rings. The number of nitrogens with one attached hydrogen (secondary N) is 1. The molecule has 0 saturated heterocycles. The third-order valence-electron chi connectivity index (χ3n) is 2.52. The predicted octanol–water partition coefficient (Wildman–Crippen LogP) is 1.69. The average molecular weight is 336 g/mol. The van der Waals surface area contributed by atoms with Crippen molar-refractivity contribution in [3.05, 3.63) is 28.2 Å². The van der Waals surface area contributed by atoms with Crippen LogP contribution in [-0.2, 0) is 10.2 Å². The molecule has 7 heteroatoms. The van der Waals surface area contributed by atoms with Crippen molar-refractivity contribution in [1.82, 2.24) is 4.31 Å². The molecule has 0 heterocycles. The van der Waals surface area contributed by atoms with Crippen LogP contribution in [0.1, 0.15) is 12.0 Å². The molecule has 102 valence electrons. The maximum absolute atomic E-state index is 12.0. The van der Waals surface area contributed by atoms with E-state index in [2.05, 4.69) is 20.7 Å². The van der Waals surface area contributed by atoms with Gasteiger partial charge in [0, 0.05) is 18.1 Å². The lowest BCUT2D eigenvalue weighted by atomic mass is 10.2. The molecule has 0 bridgehead atoms. The second-order valence-corrected chi connectivity index (χ2v) is 6.58. The largest absolute Gasteiger partial charge is 0.330 e. The standard InChI is InChI=1S/C11H18BrN3O2S/c1-9-5-3-6-10(11(9)12)14-18(16,17)15(2)8-4-7-13/h3,5-6,14H,4,7-8,13H2,1-2H3. The Morgan fingerprint density at radius 3 is 2.72 bits per heavy atom. The Kier molecular flexibility index (Phi) is 5.58. The van der Waals surface area contributed by atoms with E-state index < -0.39 is 10.2 Å². The number of aryl methyl sites for hydroxylation is 1. The van der Waals surface area contributed by atoms with Gasteiger partial charge >= 0.3 is 10.2 Å². The number of rotatable bonds is 6. The first-order valence-corrected chi connectivity index (χ1v) is 7.81. The zero-order valence-electron chi connectivity index (χ0n) is 10.5. The van der Waals surface area contributed by atoms with Crippen LogP contribution in [0, 0.1) is 6.92 Å². The molecule has 5 nitrogen and oxygen atoms in total. The highest BCUT2D eigenvalue weighted by Crippen LogP contribution is 2.26. The van der Waals surface area contributed by atoms with Crippen LogP contribution in [0.25, 0.3) is 0 Å². The normalized spacial score (nSPS) is 11.8. The molecule has 0 spiro atoms. The highest BCUT2D eigenvalue weighted by molar-refractivity contribution is 9.10. The first kappa shape index (κ1) is 15.4. The van der Waals surface area contributed by atoms with Crippen molar-refractivity contribution in [2.45, 2.75) is 13.3 Å². The number of hydrogen-bond donors (Lipinski definition) is 2. The number of nitrogens with zero attached hydrogens (tertiary/aromatic N) is 1. The van der Waals surface area contributed by atoms with Gasteiger partial charge in [-0.1, -0.05) is 12.1 Å². The molecule has 1 aromatic carbocycles. The van der Waals surface area contributed by atoms with Crippen LogP contribution in [0.5, 0.6) is 0 Å². The number of hydrogen-bond acceptors (Lipinski definition) is 3. The van der Waals surface area contributed by atoms with Gasteiger partial charge < -0.3 is 5.73 Å². The summed E-state index contributed by atoms with van der Waals surface area (Å²) in [5, 5.41) is 0. The number of benzene rings is 1. The third kappa shape index (κ3) is 3.94. The summed E-state index contributed by atoms with van der Waals surface area (Å²) in [4.78, 5) is 0. The molecule has 0 unspecified atom stereocenters. The molecule has 0 fully saturated rings. The van der Waals surface area contributed by atoms with Crippen molar-refractivity contribution in [2.24, 2.45) is 5.73 Å². The van der Waals surface area contributed by atoms with Crippen LogP contribution >= 0.6 is 15.9 Å². The molecule has 0 saturated carbocycles. The van der Waals surface area contributed by atoms with Crippen molar-refractivity contribution in [3.63, 3.8) is 0 Å². The Labute approximate surface area is 117 Å². The van der Waals surface area contributed by atoms with Gasteiger partial charge in [-0.15, -0.1) is 0 Å². The first-order chi connectivity index (χ1) is 8.38. The molecule has 0 amide bonds. The molecule has 1 rings (SSSR count). The highest BCUT2D eigenvalue weighted by Gasteiger charge is 2.18. The van der Waals surface area contributed by atoms with Crippen LogP contribution in [0.15, 0.2) is 22.7 Å². The van der Waals surface area contributed by atoms with E-state index in [0.717, 1.165) is 10.0 Å². The van der Waals surface area contributed by atoms with Gasteiger partial charge in [0.25, 0.3) is 0 Å². The summed E-state index contributed by atoms with van der Waals surface area (Å²) >= 11 is 3.37. The van der Waals surface area contributed by atoms with Gasteiger partial charge in [0.1, 0.15) is 0 Å². The summed E-state index contributed by atoms with van der Waals surface area (Å²) in [6.45, 7) is 2.77. The second-order valence-electron chi connectivity index (χ2n) is 4.01. The molecule has 18 heavy (non-hydrogen) atoms. The number of anilines is 1. The Morgan fingerprint density at radius 1 is 1.44 bits per heavy atom. The quantitative estimate of drug-likeness (QED) is 0.830. The fraction of sp³-hybridized carbons (Fsp3) is 0.455. The lowest BCUT2D eigenvalue weighted by Gasteiger charge is -2.19. The van der Waals surface area contributed by atoms with Gasteiger partial charge in [-0.25, -0.2) is 0 Å². The minimum Gasteiger partial charge on any atom is -0.330 e. The zero-order valence-corrected chi connectivity index (χ0v) is 12.9. The summed E-state index contributed by atoms with van der Waals surface area (Å²) in [5.74, 6) is 0. The van der Waals surface area contributed by atoms with E-state index in [0.29, 0.717) is 25.2 Å². The molecule has 3 N–H and O–H groups in total. The fourth-order valence-corrected chi connectivity index (χ4v) is 2.85. The van der Waals surface area contributed by atoms with E-state index in [9.17, 15) is 8.42 Å². The van der Waals surface area contributed by atoms with E-state index >= 15 is 0 Å². The Morgan fingerprint density at radius 2 is 2.11 bits per heavy atom. The molecular formula is C11H18BrN3O2S. The van der Waals surface area contributed by atoms with Crippen LogP contribution in [0.2, 0.25) is 0 Å². The molecule has 1 aromatic rings. The van der Waals surface area contributed by atoms with E-state index in [-0.39, 0.29) is 0 Å². The Bertz CT molecular complexity index is 505. The van der Waals surface area contributed by atoms with Gasteiger partial charge in [-0.2, -0.15) is 12.7 Å². The minimum absolute atomic E-state index is 0.398. The van der Waals surface area contributed by atoms with Crippen molar-refractivity contribution in [2.75, 3.05) is 24.9 Å². The maximum Gasteiger partial charge on any atom is 0.301 e. The summed E-state index contributed by atoms with van der Waals surface area (Å²) in [6.07, 6.45) is 0.631. The van der Waals surface area contributed by atoms with Gasteiger partial charge in [0.15, 0.2) is 0 Å². The molecule has 0 aromatic heterocycles. The van der Waals surface area contributed by atoms with Crippen LogP contribution in [-0.4, -0.2) is 32.9 Å². The van der Waals surface area contributed by atoms with Crippen molar-refractivity contribution >= 4 is 31.8 Å². The monoisotopic (exact) mass is 335 g/mol. The fourth-order valence-electron chi connectivity index (χ4n) is 1.38. The summed E-state index contributed by atoms with van der Waals surface area (Å²) in [7, 11) is -2.00. The molecule has 0 aliphatic heterocycles. The van der Waals surface area contributed by atoms with E-state index in [1.807, 2.05) is 13.0 Å². The van der Waals surface area contributed by atoms with Gasteiger partial charge in [0.05, 0.1) is 5.69 Å². The van der Waals surface area contributed by atoms with Gasteiger partial charge in [0.2, 0.25) is 0 Å². The van der Waals surface area contributed by atoms with E-state index in [4.69, 9.17) is 5.73 Å². The average Bonchev–Trinajstić information content (AvgIpc) is 2.31. The lowest BCUT2D eigenvalue weighted by molar-refractivity contribution is 0.468. The summed E-state index contributed by atoms with van der Waals surface area (Å²) in [6, 6.07) is 5.42. The van der Waals surface area contributed by atoms with E-state index in [1.165, 1.54) is 11.4 Å². The first-order valence-electron chi connectivity index (χ1n) is 5.57. The molecule has 0 aliphatic carbocycles. The van der Waals surface area contributed by atoms with E-state index in [1.54, 1.807) is 12.1 Å². The Hall–Kier alpha value is -0.630. The Balaban J connectivity index is 2.85. The van der Waals surface area contributed by atoms with Gasteiger partial charge in [-0.3, -0.25) is 4.72 Å². The van der Waals surface area contributed by atoms with Crippen molar-refractivity contribution < 1.29 is 8.42 Å². The minimum atomic E-state index is -3.53. The van der Waals surface area contributed by atoms with Gasteiger partial charge in [-0.05, 0) is 47.4 Å². The molecule has 0 atom stereocenters. The SMILES string of the molecule is Cc1cccc(NS(=O)(=O)N(C)CCCN)c1Br. The van der Waals surface area contributed by atoms with Crippen molar-refractivity contribution in [3.8, 4) is 0 Å². The molecule has 0 radical (unpaired) electrons. The second kappa shape index (κ2) is 6.51. The van der Waals surface area contributed by atoms with Crippen LogP contribution < -0.4 is 10.5 Å². The lowest BCUT2D eigenvalue weighted by Crippen LogP contribution is -2.34. The number of halogens is 1. The summed E-state index contributed by atoms with van der Waals surface area (Å²) < 4.78 is 28.6. The highest BCUT2D eigenvalue weighted by atomic mass is 79.9. The summed E-state index contributed by atoms with van der Waals surface area (Å²) in [5.41, 5.74) is 6.88. The topological polar surface area (TPSA) is 75.4 Å². The maximum atomic E-state index is 12.0. The zero-order chi connectivity index (χ0) is 13.8. The number of nitrogens with two attached hydrogens (primary N) is 1. The predicted molar refractivity (Wildman–Crippen MR) is 77.7 cm³/mol. The van der Waals surface area contributed by atoms with Crippen LogP contribution in [0.4, 0.5) is 5.69 Å². The molecular weight excluding hydrogens is 318 g/mol. The van der Waals surface area contributed by atoms with Crippen molar-refractivity contribution in [1.29, 1.82) is 0 Å². The smallest absolute Gasteiger partial charge is 0.301 e. The third-order valence-corrected chi connectivity index (χ3v) is 5.05. The van der Waals surface area contributed by atoms with Crippen LogP contribution in [0.3, 0.4) is 0 Å².